The summed E-state index contributed by atoms with van der Waals surface area (Å²) < 4.78 is 5.31. The number of pyridine rings is 1. The van der Waals surface area contributed by atoms with E-state index in [0.29, 0.717) is 0 Å². The Hall–Kier alpha value is -1.37. The molecule has 2 heterocycles. The average molecular weight is 251 g/mol. The van der Waals surface area contributed by atoms with Crippen LogP contribution >= 0.6 is 0 Å². The van der Waals surface area contributed by atoms with Crippen molar-refractivity contribution in [1.82, 2.24) is 9.88 Å². The molecule has 2 rings (SSSR count). The number of morpholine rings is 1. The van der Waals surface area contributed by atoms with Gasteiger partial charge in [0.1, 0.15) is 5.82 Å². The third-order valence-electron chi connectivity index (χ3n) is 2.99. The Balaban J connectivity index is 1.62. The highest BCUT2D eigenvalue weighted by Crippen LogP contribution is 2.08. The van der Waals surface area contributed by atoms with Gasteiger partial charge < -0.3 is 15.5 Å². The topological polar surface area (TPSA) is 75.4 Å². The van der Waals surface area contributed by atoms with Gasteiger partial charge in [0, 0.05) is 19.6 Å². The molecule has 6 nitrogen and oxygen atoms in total. The highest BCUT2D eigenvalue weighted by molar-refractivity contribution is 5.46. The van der Waals surface area contributed by atoms with Gasteiger partial charge in [0.05, 0.1) is 25.1 Å². The fourth-order valence-corrected chi connectivity index (χ4v) is 1.93. The van der Waals surface area contributed by atoms with Gasteiger partial charge in [-0.05, 0) is 25.1 Å². The van der Waals surface area contributed by atoms with E-state index in [1.54, 1.807) is 6.20 Å². The molecule has 0 aromatic carbocycles. The van der Waals surface area contributed by atoms with E-state index in [4.69, 9.17) is 10.6 Å². The molecule has 18 heavy (non-hydrogen) atoms. The van der Waals surface area contributed by atoms with Crippen LogP contribution in [-0.2, 0) is 4.74 Å². The van der Waals surface area contributed by atoms with Crippen LogP contribution in [0.2, 0.25) is 0 Å². The largest absolute Gasteiger partial charge is 0.379 e. The van der Waals surface area contributed by atoms with Crippen LogP contribution < -0.4 is 16.6 Å². The highest BCUT2D eigenvalue weighted by Gasteiger charge is 2.08. The van der Waals surface area contributed by atoms with Crippen molar-refractivity contribution in [1.29, 1.82) is 0 Å². The molecule has 4 N–H and O–H groups in total. The Morgan fingerprint density at radius 3 is 2.83 bits per heavy atom. The lowest BCUT2D eigenvalue weighted by atomic mass is 10.3. The summed E-state index contributed by atoms with van der Waals surface area (Å²) in [6.07, 6.45) is 2.82. The second-order valence-corrected chi connectivity index (χ2v) is 4.31. The number of nitrogens with two attached hydrogens (primary N) is 1. The van der Waals surface area contributed by atoms with Crippen LogP contribution in [0.3, 0.4) is 0 Å². The molecule has 0 aliphatic carbocycles. The molecule has 1 saturated heterocycles. The number of hydrazine groups is 1. The van der Waals surface area contributed by atoms with E-state index in [1.165, 1.54) is 0 Å². The van der Waals surface area contributed by atoms with Crippen molar-refractivity contribution in [2.45, 2.75) is 6.42 Å². The maximum Gasteiger partial charge on any atom is 0.126 e. The number of nitrogens with zero attached hydrogens (tertiary/aromatic N) is 2. The van der Waals surface area contributed by atoms with Crippen LogP contribution in [0.5, 0.6) is 0 Å². The molecule has 1 aromatic rings. The first-order chi connectivity index (χ1) is 8.88. The second kappa shape index (κ2) is 7.15. The Bertz CT molecular complexity index is 337. The summed E-state index contributed by atoms with van der Waals surface area (Å²) in [5.74, 6) is 6.16. The lowest BCUT2D eigenvalue weighted by molar-refractivity contribution is 0.0378. The molecule has 0 amide bonds. The van der Waals surface area contributed by atoms with Gasteiger partial charge in [-0.1, -0.05) is 0 Å². The van der Waals surface area contributed by atoms with E-state index in [1.807, 2.05) is 12.1 Å². The third kappa shape index (κ3) is 4.14. The van der Waals surface area contributed by atoms with Crippen LogP contribution in [0.15, 0.2) is 18.3 Å². The van der Waals surface area contributed by atoms with E-state index in [9.17, 15) is 0 Å². The Labute approximate surface area is 107 Å². The zero-order valence-corrected chi connectivity index (χ0v) is 10.6. The Morgan fingerprint density at radius 1 is 1.33 bits per heavy atom. The summed E-state index contributed by atoms with van der Waals surface area (Å²) in [7, 11) is 0. The molecule has 1 aromatic heterocycles. The highest BCUT2D eigenvalue weighted by atomic mass is 16.5. The van der Waals surface area contributed by atoms with Gasteiger partial charge in [0.15, 0.2) is 0 Å². The molecule has 0 spiro atoms. The molecule has 0 bridgehead atoms. The minimum absolute atomic E-state index is 0.814. The van der Waals surface area contributed by atoms with Gasteiger partial charge in [-0.3, -0.25) is 10.7 Å². The summed E-state index contributed by atoms with van der Waals surface area (Å²) in [6.45, 7) is 5.87. The lowest BCUT2D eigenvalue weighted by Crippen LogP contribution is -2.37. The van der Waals surface area contributed by atoms with Crippen molar-refractivity contribution >= 4 is 11.5 Å². The maximum atomic E-state index is 5.31. The minimum atomic E-state index is 0.814. The molecular weight excluding hydrogens is 230 g/mol. The van der Waals surface area contributed by atoms with Crippen molar-refractivity contribution < 1.29 is 4.74 Å². The lowest BCUT2D eigenvalue weighted by Gasteiger charge is -2.26. The van der Waals surface area contributed by atoms with E-state index in [2.05, 4.69) is 20.6 Å². The fraction of sp³-hybridized carbons (Fsp3) is 0.583. The molecule has 1 fully saturated rings. The fourth-order valence-electron chi connectivity index (χ4n) is 1.93. The molecule has 0 saturated carbocycles. The first-order valence-electron chi connectivity index (χ1n) is 6.35. The van der Waals surface area contributed by atoms with Crippen molar-refractivity contribution in [3.05, 3.63) is 18.3 Å². The number of ether oxygens (including phenoxy) is 1. The maximum absolute atomic E-state index is 5.31. The molecule has 6 heteroatoms. The smallest absolute Gasteiger partial charge is 0.126 e. The number of nitrogen functional groups attached to an aromatic ring is 1. The van der Waals surface area contributed by atoms with Crippen LogP contribution in [0, 0.1) is 0 Å². The molecule has 1 aliphatic heterocycles. The number of nitrogens with one attached hydrogen (secondary N) is 2. The van der Waals surface area contributed by atoms with Gasteiger partial charge in [-0.25, -0.2) is 4.98 Å². The van der Waals surface area contributed by atoms with Crippen LogP contribution in [0.4, 0.5) is 11.5 Å². The predicted octanol–water partition coefficient (Wildman–Crippen LogP) is 0.501. The number of rotatable bonds is 6. The summed E-state index contributed by atoms with van der Waals surface area (Å²) in [5, 5.41) is 3.30. The van der Waals surface area contributed by atoms with Crippen LogP contribution in [-0.4, -0.2) is 49.3 Å². The zero-order chi connectivity index (χ0) is 12.6. The van der Waals surface area contributed by atoms with Gasteiger partial charge in [-0.15, -0.1) is 0 Å². The number of hydrogen-bond donors (Lipinski definition) is 3. The van der Waals surface area contributed by atoms with Crippen LogP contribution in [0.1, 0.15) is 6.42 Å². The molecule has 1 aliphatic rings. The standard InChI is InChI=1S/C12H21N5O/c13-16-11-2-3-12(15-10-11)14-4-1-5-17-6-8-18-9-7-17/h2-3,10,16H,1,4-9,13H2,(H,14,15). The Kier molecular flexibility index (Phi) is 5.19. The second-order valence-electron chi connectivity index (χ2n) is 4.31. The third-order valence-corrected chi connectivity index (χ3v) is 2.99. The molecular formula is C12H21N5O. The monoisotopic (exact) mass is 251 g/mol. The van der Waals surface area contributed by atoms with E-state index in [0.717, 1.165) is 57.3 Å². The van der Waals surface area contributed by atoms with Crippen molar-refractivity contribution in [3.8, 4) is 0 Å². The Morgan fingerprint density at radius 2 is 2.17 bits per heavy atom. The number of hydrogen-bond acceptors (Lipinski definition) is 6. The van der Waals surface area contributed by atoms with Gasteiger partial charge in [0.25, 0.3) is 0 Å². The zero-order valence-electron chi connectivity index (χ0n) is 10.6. The SMILES string of the molecule is NNc1ccc(NCCCN2CCOCC2)nc1. The van der Waals surface area contributed by atoms with Crippen LogP contribution in [0.25, 0.3) is 0 Å². The molecule has 0 unspecified atom stereocenters. The first-order valence-corrected chi connectivity index (χ1v) is 6.35. The predicted molar refractivity (Wildman–Crippen MR) is 72.4 cm³/mol. The first kappa shape index (κ1) is 13.1. The molecule has 0 radical (unpaired) electrons. The number of aromatic nitrogens is 1. The average Bonchev–Trinajstić information content (AvgIpc) is 2.45. The van der Waals surface area contributed by atoms with Crippen molar-refractivity contribution in [2.24, 2.45) is 5.84 Å². The van der Waals surface area contributed by atoms with E-state index in [-0.39, 0.29) is 0 Å². The summed E-state index contributed by atoms with van der Waals surface area (Å²) in [5.41, 5.74) is 3.37. The number of anilines is 2. The van der Waals surface area contributed by atoms with E-state index >= 15 is 0 Å². The molecule has 0 atom stereocenters. The summed E-state index contributed by atoms with van der Waals surface area (Å²) in [6, 6.07) is 3.82. The van der Waals surface area contributed by atoms with Gasteiger partial charge in [-0.2, -0.15) is 0 Å². The quantitative estimate of drug-likeness (QED) is 0.388. The van der Waals surface area contributed by atoms with Gasteiger partial charge >= 0.3 is 0 Å². The normalized spacial score (nSPS) is 16.5. The van der Waals surface area contributed by atoms with E-state index < -0.39 is 0 Å². The summed E-state index contributed by atoms with van der Waals surface area (Å²) in [4.78, 5) is 6.68. The molecule has 100 valence electrons. The van der Waals surface area contributed by atoms with Gasteiger partial charge in [0.2, 0.25) is 0 Å². The summed E-state index contributed by atoms with van der Waals surface area (Å²) >= 11 is 0. The van der Waals surface area contributed by atoms with Crippen molar-refractivity contribution in [3.63, 3.8) is 0 Å². The minimum Gasteiger partial charge on any atom is -0.379 e. The van der Waals surface area contributed by atoms with Crippen molar-refractivity contribution in [2.75, 3.05) is 50.1 Å².